The summed E-state index contributed by atoms with van der Waals surface area (Å²) in [6, 6.07) is 12.7. The number of methoxy groups -OCH3 is 1. The number of nitrogens with zero attached hydrogens (tertiary/aromatic N) is 2. The number of amides is 2. The predicted molar refractivity (Wildman–Crippen MR) is 116 cm³/mol. The Balaban J connectivity index is 1.63. The van der Waals surface area contributed by atoms with Crippen LogP contribution in [0.3, 0.4) is 0 Å². The molecule has 0 saturated carbocycles. The van der Waals surface area contributed by atoms with Crippen molar-refractivity contribution in [2.75, 3.05) is 23.5 Å². The van der Waals surface area contributed by atoms with E-state index >= 15 is 0 Å². The third-order valence-electron chi connectivity index (χ3n) is 3.72. The molecule has 0 aliphatic carbocycles. The fourth-order valence-electron chi connectivity index (χ4n) is 2.49. The van der Waals surface area contributed by atoms with Crippen molar-refractivity contribution in [3.8, 4) is 17.1 Å². The van der Waals surface area contributed by atoms with Gasteiger partial charge in [-0.2, -0.15) is 0 Å². The molecule has 0 aliphatic heterocycles. The molecular weight excluding hydrogens is 458 g/mol. The number of anilines is 2. The molecule has 0 aliphatic rings. The van der Waals surface area contributed by atoms with Gasteiger partial charge in [-0.15, -0.1) is 5.10 Å². The average Bonchev–Trinajstić information content (AvgIpc) is 3.15. The molecule has 8 nitrogen and oxygen atoms in total. The molecule has 3 aromatic rings. The zero-order valence-electron chi connectivity index (χ0n) is 15.7. The number of carbonyl (C=O) groups excluding carboxylic acids is 2. The van der Waals surface area contributed by atoms with Crippen molar-refractivity contribution in [3.63, 3.8) is 0 Å². The van der Waals surface area contributed by atoms with Crippen LogP contribution in [0.1, 0.15) is 6.92 Å². The fraction of sp³-hybridized carbons (Fsp3) is 0.158. The second kappa shape index (κ2) is 9.57. The van der Waals surface area contributed by atoms with Gasteiger partial charge in [0.05, 0.1) is 18.6 Å². The van der Waals surface area contributed by atoms with E-state index in [-0.39, 0.29) is 17.6 Å². The van der Waals surface area contributed by atoms with Crippen LogP contribution in [0.15, 0.2) is 52.1 Å². The SMILES string of the molecule is COc1ccc(NC(C)=O)cc1NC(=O)CSc1n[nH]c(-c2ccccc2Br)n1. The minimum absolute atomic E-state index is 0.112. The number of aromatic amines is 1. The van der Waals surface area contributed by atoms with E-state index in [0.29, 0.717) is 28.1 Å². The largest absolute Gasteiger partial charge is 0.495 e. The smallest absolute Gasteiger partial charge is 0.234 e. The van der Waals surface area contributed by atoms with Crippen molar-refractivity contribution in [1.82, 2.24) is 15.2 Å². The number of hydrogen-bond donors (Lipinski definition) is 3. The number of carbonyl (C=O) groups is 2. The highest BCUT2D eigenvalue weighted by Gasteiger charge is 2.13. The molecule has 0 saturated heterocycles. The third kappa shape index (κ3) is 5.58. The lowest BCUT2D eigenvalue weighted by Crippen LogP contribution is -2.15. The lowest BCUT2D eigenvalue weighted by atomic mass is 10.2. The van der Waals surface area contributed by atoms with E-state index in [9.17, 15) is 9.59 Å². The fourth-order valence-corrected chi connectivity index (χ4v) is 3.56. The molecule has 2 aromatic carbocycles. The number of rotatable bonds is 7. The Hall–Kier alpha value is -2.85. The van der Waals surface area contributed by atoms with Crippen LogP contribution in [0.2, 0.25) is 0 Å². The molecule has 1 heterocycles. The number of hydrogen-bond acceptors (Lipinski definition) is 6. The van der Waals surface area contributed by atoms with Gasteiger partial charge in [0, 0.05) is 22.6 Å². The Morgan fingerprint density at radius 3 is 2.72 bits per heavy atom. The number of H-pyrrole nitrogens is 1. The van der Waals surface area contributed by atoms with E-state index in [1.165, 1.54) is 25.8 Å². The van der Waals surface area contributed by atoms with E-state index in [4.69, 9.17) is 4.74 Å². The summed E-state index contributed by atoms with van der Waals surface area (Å²) in [5.41, 5.74) is 1.91. The van der Waals surface area contributed by atoms with Crippen molar-refractivity contribution in [2.24, 2.45) is 0 Å². The molecule has 150 valence electrons. The van der Waals surface area contributed by atoms with Crippen LogP contribution >= 0.6 is 27.7 Å². The summed E-state index contributed by atoms with van der Waals surface area (Å²) in [5.74, 6) is 0.770. The van der Waals surface area contributed by atoms with Crippen LogP contribution in [-0.2, 0) is 9.59 Å². The maximum Gasteiger partial charge on any atom is 0.234 e. The van der Waals surface area contributed by atoms with Crippen molar-refractivity contribution in [1.29, 1.82) is 0 Å². The molecule has 3 N–H and O–H groups in total. The summed E-state index contributed by atoms with van der Waals surface area (Å²) in [6.07, 6.45) is 0. The first-order valence-electron chi connectivity index (χ1n) is 8.52. The van der Waals surface area contributed by atoms with Gasteiger partial charge in [0.25, 0.3) is 0 Å². The predicted octanol–water partition coefficient (Wildman–Crippen LogP) is 3.93. The van der Waals surface area contributed by atoms with Gasteiger partial charge < -0.3 is 15.4 Å². The van der Waals surface area contributed by atoms with E-state index in [1.54, 1.807) is 18.2 Å². The van der Waals surface area contributed by atoms with Crippen LogP contribution in [0.4, 0.5) is 11.4 Å². The Morgan fingerprint density at radius 1 is 1.21 bits per heavy atom. The Labute approximate surface area is 180 Å². The van der Waals surface area contributed by atoms with Gasteiger partial charge in [-0.05, 0) is 24.3 Å². The molecule has 29 heavy (non-hydrogen) atoms. The normalized spacial score (nSPS) is 10.4. The second-order valence-corrected chi connectivity index (χ2v) is 7.68. The maximum atomic E-state index is 12.4. The Bertz CT molecular complexity index is 1040. The first kappa shape index (κ1) is 20.9. The standard InChI is InChI=1S/C19H18BrN5O3S/c1-11(26)21-12-7-8-16(28-2)15(9-12)22-17(27)10-29-19-23-18(24-25-19)13-5-3-4-6-14(13)20/h3-9H,10H2,1-2H3,(H,21,26)(H,22,27)(H,23,24,25). The first-order chi connectivity index (χ1) is 14.0. The van der Waals surface area contributed by atoms with Crippen LogP contribution in [0.5, 0.6) is 5.75 Å². The van der Waals surface area contributed by atoms with Gasteiger partial charge in [-0.3, -0.25) is 14.7 Å². The molecule has 0 unspecified atom stereocenters. The highest BCUT2D eigenvalue weighted by Crippen LogP contribution is 2.29. The minimum atomic E-state index is -0.250. The van der Waals surface area contributed by atoms with Gasteiger partial charge in [0.15, 0.2) is 5.82 Å². The molecule has 3 rings (SSSR count). The summed E-state index contributed by atoms with van der Waals surface area (Å²) in [7, 11) is 1.51. The van der Waals surface area contributed by atoms with Gasteiger partial charge in [0.2, 0.25) is 17.0 Å². The lowest BCUT2D eigenvalue weighted by Gasteiger charge is -2.12. The first-order valence-corrected chi connectivity index (χ1v) is 10.3. The number of halogens is 1. The van der Waals surface area contributed by atoms with Crippen molar-refractivity contribution in [3.05, 3.63) is 46.9 Å². The van der Waals surface area contributed by atoms with Crippen LogP contribution in [-0.4, -0.2) is 39.9 Å². The number of ether oxygens (including phenoxy) is 1. The summed E-state index contributed by atoms with van der Waals surface area (Å²) in [4.78, 5) is 28.0. The molecule has 0 atom stereocenters. The lowest BCUT2D eigenvalue weighted by molar-refractivity contribution is -0.114. The van der Waals surface area contributed by atoms with Crippen LogP contribution < -0.4 is 15.4 Å². The van der Waals surface area contributed by atoms with Crippen molar-refractivity contribution < 1.29 is 14.3 Å². The summed E-state index contributed by atoms with van der Waals surface area (Å²) in [5, 5.41) is 12.9. The molecule has 0 fully saturated rings. The molecule has 2 amide bonds. The van der Waals surface area contributed by atoms with Gasteiger partial charge in [-0.1, -0.05) is 45.9 Å². The van der Waals surface area contributed by atoms with E-state index in [1.807, 2.05) is 24.3 Å². The maximum absolute atomic E-state index is 12.4. The number of thioether (sulfide) groups is 1. The van der Waals surface area contributed by atoms with Crippen molar-refractivity contribution >= 4 is 50.9 Å². The Kier molecular flexibility index (Phi) is 6.89. The minimum Gasteiger partial charge on any atom is -0.495 e. The average molecular weight is 476 g/mol. The molecule has 1 aromatic heterocycles. The molecule has 0 spiro atoms. The second-order valence-electron chi connectivity index (χ2n) is 5.88. The summed E-state index contributed by atoms with van der Waals surface area (Å²) >= 11 is 4.68. The van der Waals surface area contributed by atoms with Gasteiger partial charge >= 0.3 is 0 Å². The number of benzene rings is 2. The quantitative estimate of drug-likeness (QED) is 0.446. The molecular formula is C19H18BrN5O3S. The summed E-state index contributed by atoms with van der Waals surface area (Å²) in [6.45, 7) is 1.41. The van der Waals surface area contributed by atoms with Crippen LogP contribution in [0.25, 0.3) is 11.4 Å². The monoisotopic (exact) mass is 475 g/mol. The number of nitrogens with one attached hydrogen (secondary N) is 3. The highest BCUT2D eigenvalue weighted by molar-refractivity contribution is 9.10. The molecule has 10 heteroatoms. The van der Waals surface area contributed by atoms with E-state index in [2.05, 4.69) is 41.7 Å². The summed E-state index contributed by atoms with van der Waals surface area (Å²) < 4.78 is 6.16. The molecule has 0 bridgehead atoms. The molecule has 0 radical (unpaired) electrons. The Morgan fingerprint density at radius 2 is 2.00 bits per heavy atom. The topological polar surface area (TPSA) is 109 Å². The van der Waals surface area contributed by atoms with E-state index in [0.717, 1.165) is 10.0 Å². The zero-order valence-corrected chi connectivity index (χ0v) is 18.1. The van der Waals surface area contributed by atoms with Crippen LogP contribution in [0, 0.1) is 0 Å². The van der Waals surface area contributed by atoms with Crippen molar-refractivity contribution in [2.45, 2.75) is 12.1 Å². The zero-order chi connectivity index (χ0) is 20.8. The highest BCUT2D eigenvalue weighted by atomic mass is 79.9. The van der Waals surface area contributed by atoms with Gasteiger partial charge in [-0.25, -0.2) is 4.98 Å². The van der Waals surface area contributed by atoms with Gasteiger partial charge in [0.1, 0.15) is 5.75 Å². The van der Waals surface area contributed by atoms with E-state index < -0.39 is 0 Å². The number of aromatic nitrogens is 3. The third-order valence-corrected chi connectivity index (χ3v) is 5.26.